The number of Topliss-reactive ketones (excluding diaryl/α,β-unsaturated/α-hetero) is 1. The monoisotopic (exact) mass is 390 g/mol. The van der Waals surface area contributed by atoms with Gasteiger partial charge in [-0.1, -0.05) is 19.0 Å². The maximum atomic E-state index is 15.6. The largest absolute Gasteiger partial charge is 0.391 e. The Bertz CT molecular complexity index is 676. The summed E-state index contributed by atoms with van der Waals surface area (Å²) in [7, 11) is 0. The van der Waals surface area contributed by atoms with Crippen LogP contribution >= 0.6 is 0 Å². The van der Waals surface area contributed by atoms with E-state index in [1.807, 2.05) is 0 Å². The summed E-state index contributed by atoms with van der Waals surface area (Å²) in [6.07, 6.45) is 7.77. The van der Waals surface area contributed by atoms with E-state index in [1.165, 1.54) is 0 Å². The molecule has 5 fully saturated rings. The number of alkyl halides is 1. The summed E-state index contributed by atoms with van der Waals surface area (Å²) < 4.78 is 15.6. The van der Waals surface area contributed by atoms with Crippen molar-refractivity contribution in [3.8, 4) is 0 Å². The zero-order chi connectivity index (χ0) is 19.5. The van der Waals surface area contributed by atoms with Gasteiger partial charge in [0, 0.05) is 30.7 Å². The lowest BCUT2D eigenvalue weighted by Gasteiger charge is -2.60. The van der Waals surface area contributed by atoms with Gasteiger partial charge in [0.2, 0.25) is 0 Å². The van der Waals surface area contributed by atoms with Gasteiger partial charge >= 0.3 is 0 Å². The zero-order valence-electron chi connectivity index (χ0n) is 17.4. The lowest BCUT2D eigenvalue weighted by Crippen LogP contribution is -2.56. The molecule has 5 aliphatic rings. The van der Waals surface area contributed by atoms with Crippen molar-refractivity contribution < 1.29 is 14.0 Å². The number of fused-ring (bicyclic) bond motifs is 5. The third-order valence-corrected chi connectivity index (χ3v) is 9.58. The number of ketones is 1. The summed E-state index contributed by atoms with van der Waals surface area (Å²) in [5.74, 6) is 2.26. The molecule has 4 nitrogen and oxygen atoms in total. The fraction of sp³-hybridized carbons (Fsp3) is 0.913. The van der Waals surface area contributed by atoms with Gasteiger partial charge in [-0.25, -0.2) is 4.39 Å². The Morgan fingerprint density at radius 1 is 1.04 bits per heavy atom. The summed E-state index contributed by atoms with van der Waals surface area (Å²) in [4.78, 5) is 18.2. The molecule has 0 spiro atoms. The van der Waals surface area contributed by atoms with Gasteiger partial charge < -0.3 is 10.2 Å². The van der Waals surface area contributed by atoms with Gasteiger partial charge in [0.15, 0.2) is 0 Å². The number of nitrogens with zero attached hydrogens (tertiary/aromatic N) is 1. The maximum absolute atomic E-state index is 15.6. The maximum Gasteiger partial charge on any atom is 0.145 e. The second-order valence-electron chi connectivity index (χ2n) is 10.7. The molecular formula is C23H35FN2O2. The first-order valence-corrected chi connectivity index (χ1v) is 11.5. The van der Waals surface area contributed by atoms with Crippen molar-refractivity contribution in [3.63, 3.8) is 0 Å². The topological polar surface area (TPSA) is 50.7 Å². The predicted octanol–water partition coefficient (Wildman–Crippen LogP) is 4.28. The highest BCUT2D eigenvalue weighted by atomic mass is 19.1. The normalized spacial score (nSPS) is 52.2. The molecule has 1 heterocycles. The van der Waals surface area contributed by atoms with E-state index in [0.717, 1.165) is 70.9 Å². The molecular weight excluding hydrogens is 355 g/mol. The van der Waals surface area contributed by atoms with Crippen LogP contribution in [-0.2, 0) is 9.63 Å². The predicted molar refractivity (Wildman–Crippen MR) is 107 cm³/mol. The van der Waals surface area contributed by atoms with E-state index in [0.29, 0.717) is 29.2 Å². The number of rotatable bonds is 2. The van der Waals surface area contributed by atoms with E-state index in [2.05, 4.69) is 24.3 Å². The van der Waals surface area contributed by atoms with Crippen LogP contribution in [0.2, 0.25) is 0 Å². The fourth-order valence-corrected chi connectivity index (χ4v) is 7.83. The number of hydrogen-bond donors (Lipinski definition) is 1. The summed E-state index contributed by atoms with van der Waals surface area (Å²) in [6.45, 7) is 6.34. The van der Waals surface area contributed by atoms with Gasteiger partial charge in [0.1, 0.15) is 18.1 Å². The fourth-order valence-electron chi connectivity index (χ4n) is 7.83. The first-order chi connectivity index (χ1) is 13.4. The molecule has 0 amide bonds. The highest BCUT2D eigenvalue weighted by Crippen LogP contribution is 2.65. The molecule has 4 aliphatic carbocycles. The second kappa shape index (κ2) is 6.78. The van der Waals surface area contributed by atoms with Crippen molar-refractivity contribution in [1.29, 1.82) is 0 Å². The van der Waals surface area contributed by atoms with E-state index >= 15 is 4.39 Å². The van der Waals surface area contributed by atoms with Crippen LogP contribution in [0.25, 0.3) is 0 Å². The molecule has 0 radical (unpaired) electrons. The molecule has 4 saturated carbocycles. The Kier molecular flexibility index (Phi) is 4.61. The van der Waals surface area contributed by atoms with Crippen molar-refractivity contribution in [1.82, 2.24) is 5.32 Å². The van der Waals surface area contributed by atoms with Crippen molar-refractivity contribution >= 4 is 11.5 Å². The summed E-state index contributed by atoms with van der Waals surface area (Å²) in [6, 6.07) is 0. The van der Waals surface area contributed by atoms with Gasteiger partial charge in [-0.05, 0) is 74.7 Å². The number of carbonyl (C=O) groups is 1. The first-order valence-electron chi connectivity index (χ1n) is 11.5. The van der Waals surface area contributed by atoms with Crippen LogP contribution in [0.1, 0.15) is 71.6 Å². The first kappa shape index (κ1) is 19.0. The van der Waals surface area contributed by atoms with Crippen LogP contribution in [0.3, 0.4) is 0 Å². The molecule has 1 unspecified atom stereocenters. The lowest BCUT2D eigenvalue weighted by molar-refractivity contribution is -0.139. The van der Waals surface area contributed by atoms with Crippen molar-refractivity contribution in [2.24, 2.45) is 39.7 Å². The highest BCUT2D eigenvalue weighted by molar-refractivity contribution is 5.89. The van der Waals surface area contributed by atoms with Crippen LogP contribution < -0.4 is 5.32 Å². The van der Waals surface area contributed by atoms with E-state index in [4.69, 9.17) is 4.84 Å². The highest BCUT2D eigenvalue weighted by Gasteiger charge is 2.61. The number of oxime groups is 1. The lowest BCUT2D eigenvalue weighted by atomic mass is 9.45. The molecule has 5 rings (SSSR count). The van der Waals surface area contributed by atoms with Gasteiger partial charge in [0.25, 0.3) is 0 Å². The van der Waals surface area contributed by atoms with Gasteiger partial charge in [-0.15, -0.1) is 0 Å². The minimum atomic E-state index is -0.965. The molecule has 8 atom stereocenters. The molecule has 1 N–H and O–H groups in total. The number of halogens is 1. The minimum Gasteiger partial charge on any atom is -0.391 e. The third-order valence-electron chi connectivity index (χ3n) is 9.58. The van der Waals surface area contributed by atoms with E-state index in [9.17, 15) is 4.79 Å². The van der Waals surface area contributed by atoms with Crippen LogP contribution in [0.5, 0.6) is 0 Å². The van der Waals surface area contributed by atoms with Gasteiger partial charge in [-0.2, -0.15) is 0 Å². The van der Waals surface area contributed by atoms with Crippen LogP contribution in [0.15, 0.2) is 5.16 Å². The third kappa shape index (κ3) is 2.71. The standard InChI is InChI=1S/C23H35FN2O2/c1-22-11-8-19(26-28-14-9-12-25-13-14)21(24)18(22)4-3-15-16-5-6-20(27)23(16,2)10-7-17(15)22/h14-18,21,25H,3-13H2,1-2H3/b26-19+/t14-,15-,16-,17-,18?,21-,22+,23-/m0/s1. The molecule has 156 valence electrons. The van der Waals surface area contributed by atoms with Crippen molar-refractivity contribution in [3.05, 3.63) is 0 Å². The van der Waals surface area contributed by atoms with E-state index < -0.39 is 6.17 Å². The SMILES string of the molecule is C[C@]12CC/C(=N\O[C@H]3CCNC3)[C@@H](F)C1CC[C@@H]1[C@@H]2CC[C@]2(C)C(=O)CC[C@@H]12. The summed E-state index contributed by atoms with van der Waals surface area (Å²) in [5.41, 5.74) is 0.595. The Morgan fingerprint density at radius 2 is 1.89 bits per heavy atom. The minimum absolute atomic E-state index is 0.0449. The van der Waals surface area contributed by atoms with Crippen LogP contribution in [-0.4, -0.2) is 36.9 Å². The Hall–Kier alpha value is -0.970. The molecule has 28 heavy (non-hydrogen) atoms. The number of hydrogen-bond acceptors (Lipinski definition) is 4. The Balaban J connectivity index is 1.34. The molecule has 5 heteroatoms. The van der Waals surface area contributed by atoms with Gasteiger partial charge in [-0.3, -0.25) is 4.79 Å². The van der Waals surface area contributed by atoms with Crippen LogP contribution in [0.4, 0.5) is 4.39 Å². The Morgan fingerprint density at radius 3 is 2.68 bits per heavy atom. The average Bonchev–Trinajstić information content (AvgIpc) is 3.29. The zero-order valence-corrected chi connectivity index (χ0v) is 17.4. The molecule has 1 aliphatic heterocycles. The number of carbonyl (C=O) groups excluding carboxylic acids is 1. The van der Waals surface area contributed by atoms with E-state index in [1.54, 1.807) is 0 Å². The van der Waals surface area contributed by atoms with Crippen molar-refractivity contribution in [2.75, 3.05) is 13.1 Å². The molecule has 1 saturated heterocycles. The molecule has 0 aromatic carbocycles. The second-order valence-corrected chi connectivity index (χ2v) is 10.7. The van der Waals surface area contributed by atoms with Crippen molar-refractivity contribution in [2.45, 2.75) is 83.9 Å². The molecule has 0 aromatic rings. The average molecular weight is 391 g/mol. The van der Waals surface area contributed by atoms with E-state index in [-0.39, 0.29) is 22.9 Å². The Labute approximate surface area is 168 Å². The van der Waals surface area contributed by atoms with Gasteiger partial charge in [0.05, 0.1) is 5.71 Å². The number of nitrogens with one attached hydrogen (secondary N) is 1. The summed E-state index contributed by atoms with van der Waals surface area (Å²) >= 11 is 0. The van der Waals surface area contributed by atoms with Crippen LogP contribution in [0, 0.1) is 34.5 Å². The quantitative estimate of drug-likeness (QED) is 0.716. The molecule has 0 aromatic heterocycles. The smallest absolute Gasteiger partial charge is 0.145 e. The molecule has 0 bridgehead atoms. The summed E-state index contributed by atoms with van der Waals surface area (Å²) in [5, 5.41) is 7.57.